The molecule has 1 unspecified atom stereocenters. The Morgan fingerprint density at radius 3 is 2.14 bits per heavy atom. The van der Waals surface area contributed by atoms with Gasteiger partial charge in [0.15, 0.2) is 0 Å². The second-order valence-electron chi connectivity index (χ2n) is 14.5. The van der Waals surface area contributed by atoms with Crippen molar-refractivity contribution in [2.24, 2.45) is 0 Å². The normalized spacial score (nSPS) is 17.1. The zero-order valence-electron chi connectivity index (χ0n) is 28.9. The minimum Gasteiger partial charge on any atom is -0.488 e. The van der Waals surface area contributed by atoms with Gasteiger partial charge in [-0.05, 0) is 106 Å². The van der Waals surface area contributed by atoms with Gasteiger partial charge < -0.3 is 34.6 Å². The van der Waals surface area contributed by atoms with Crippen LogP contribution in [0, 0.1) is 0 Å². The van der Waals surface area contributed by atoms with Gasteiger partial charge in [0.2, 0.25) is 5.91 Å². The summed E-state index contributed by atoms with van der Waals surface area (Å²) in [6, 6.07) is 6.75. The lowest BCUT2D eigenvalue weighted by molar-refractivity contribution is -0.136. The average Bonchev–Trinajstić information content (AvgIpc) is 3.10. The number of hydrogen-bond donors (Lipinski definition) is 2. The van der Waals surface area contributed by atoms with Crippen molar-refractivity contribution >= 4 is 22.0 Å². The molecule has 2 atom stereocenters. The summed E-state index contributed by atoms with van der Waals surface area (Å²) in [5, 5.41) is 6.42. The third-order valence-corrected chi connectivity index (χ3v) is 8.25. The van der Waals surface area contributed by atoms with Crippen LogP contribution in [-0.2, 0) is 20.7 Å². The number of nitrogens with one attached hydrogen (secondary N) is 2. The maximum absolute atomic E-state index is 14.2. The summed E-state index contributed by atoms with van der Waals surface area (Å²) >= 11 is 0. The van der Waals surface area contributed by atoms with Gasteiger partial charge in [0, 0.05) is 29.6 Å². The molecule has 9 nitrogen and oxygen atoms in total. The smallest absolute Gasteiger partial charge is 0.408 e. The minimum absolute atomic E-state index is 0.103. The Morgan fingerprint density at radius 1 is 1.02 bits per heavy atom. The first-order valence-corrected chi connectivity index (χ1v) is 18.2. The minimum atomic E-state index is -0.817. The molecule has 0 radical (unpaired) electrons. The number of nitrogens with zero attached hydrogens (tertiary/aromatic N) is 2. The lowest BCUT2D eigenvalue weighted by Gasteiger charge is -2.37. The van der Waals surface area contributed by atoms with Crippen LogP contribution in [0.5, 0.6) is 5.75 Å². The van der Waals surface area contributed by atoms with Gasteiger partial charge in [0.25, 0.3) is 0 Å². The number of ether oxygens (including phenoxy) is 3. The zero-order chi connectivity index (χ0) is 32.8. The maximum atomic E-state index is 14.2. The lowest BCUT2D eigenvalue weighted by atomic mass is 10.0. The topological polar surface area (TPSA) is 92.4 Å². The van der Waals surface area contributed by atoms with Crippen LogP contribution >= 0.6 is 10.0 Å². The number of alkyl carbamates (subject to hydrolysis) is 1. The molecule has 246 valence electrons. The van der Waals surface area contributed by atoms with Gasteiger partial charge in [-0.2, -0.15) is 0 Å². The van der Waals surface area contributed by atoms with Crippen LogP contribution in [0.1, 0.15) is 74.8 Å². The maximum Gasteiger partial charge on any atom is 0.408 e. The summed E-state index contributed by atoms with van der Waals surface area (Å²) in [7, 11) is -0.643. The third kappa shape index (κ3) is 12.9. The second kappa shape index (κ2) is 14.9. The van der Waals surface area contributed by atoms with Crippen molar-refractivity contribution in [2.45, 2.75) is 105 Å². The van der Waals surface area contributed by atoms with Crippen LogP contribution < -0.4 is 15.4 Å². The highest BCUT2D eigenvalue weighted by Crippen LogP contribution is 2.33. The Hall–Kier alpha value is -2.59. The Bertz CT molecular complexity index is 1100. The molecule has 0 saturated heterocycles. The first-order chi connectivity index (χ1) is 19.6. The van der Waals surface area contributed by atoms with Crippen LogP contribution in [0.2, 0.25) is 0 Å². The molecule has 0 bridgehead atoms. The first-order valence-electron chi connectivity index (χ1n) is 15.2. The predicted molar refractivity (Wildman–Crippen MR) is 179 cm³/mol. The Kier molecular flexibility index (Phi) is 12.7. The number of carbonyl (C=O) groups excluding carboxylic acids is 2. The van der Waals surface area contributed by atoms with Gasteiger partial charge in [-0.25, -0.2) is 14.8 Å². The van der Waals surface area contributed by atoms with E-state index in [0.29, 0.717) is 26.3 Å². The molecule has 1 heterocycles. The third-order valence-electron chi connectivity index (χ3n) is 6.86. The molecule has 0 spiro atoms. The van der Waals surface area contributed by atoms with Crippen molar-refractivity contribution in [3.8, 4) is 5.75 Å². The fraction of sp³-hybridized carbons (Fsp3) is 0.697. The van der Waals surface area contributed by atoms with Crippen molar-refractivity contribution in [3.63, 3.8) is 0 Å². The van der Waals surface area contributed by atoms with E-state index in [9.17, 15) is 9.59 Å². The van der Waals surface area contributed by atoms with Crippen molar-refractivity contribution in [3.05, 3.63) is 41.2 Å². The van der Waals surface area contributed by atoms with Gasteiger partial charge in [0.1, 0.15) is 35.9 Å². The number of allylic oxidation sites excluding steroid dienone is 2. The summed E-state index contributed by atoms with van der Waals surface area (Å²) in [5.74, 6) is 1.62. The second-order valence-corrected chi connectivity index (χ2v) is 19.1. The monoisotopic (exact) mass is 622 g/mol. The SMILES string of the molecule is CC1=C(C)N(COCCS(C)(C)C)C(CN(C(=O)[C@H](Cc2ccc(OC(C)(C)C)cc2)NC(=O)OC(C)(C)C)C(C)C)N1. The largest absolute Gasteiger partial charge is 0.488 e. The molecule has 2 N–H and O–H groups in total. The fourth-order valence-electron chi connectivity index (χ4n) is 4.56. The van der Waals surface area contributed by atoms with E-state index in [1.807, 2.05) is 70.7 Å². The van der Waals surface area contributed by atoms with Gasteiger partial charge in [-0.15, -0.1) is 0 Å². The van der Waals surface area contributed by atoms with Gasteiger partial charge in [0.05, 0.1) is 13.2 Å². The van der Waals surface area contributed by atoms with Crippen molar-refractivity contribution in [1.82, 2.24) is 20.4 Å². The number of rotatable bonds is 13. The summed E-state index contributed by atoms with van der Waals surface area (Å²) in [6.07, 6.45) is 6.40. The highest BCUT2D eigenvalue weighted by atomic mass is 32.3. The molecular weight excluding hydrogens is 564 g/mol. The quantitative estimate of drug-likeness (QED) is 0.273. The van der Waals surface area contributed by atoms with Gasteiger partial charge in [-0.1, -0.05) is 12.1 Å². The summed E-state index contributed by atoms with van der Waals surface area (Å²) in [4.78, 5) is 31.1. The van der Waals surface area contributed by atoms with E-state index < -0.39 is 27.8 Å². The van der Waals surface area contributed by atoms with E-state index in [4.69, 9.17) is 14.2 Å². The molecule has 43 heavy (non-hydrogen) atoms. The van der Waals surface area contributed by atoms with E-state index >= 15 is 0 Å². The molecular formula is C33H58N4O5S. The summed E-state index contributed by atoms with van der Waals surface area (Å²) in [6.45, 7) is 21.1. The first kappa shape index (κ1) is 36.6. The highest BCUT2D eigenvalue weighted by molar-refractivity contribution is 8.32. The molecule has 1 aromatic rings. The Morgan fingerprint density at radius 2 is 1.63 bits per heavy atom. The number of hydrogen-bond acceptors (Lipinski definition) is 7. The Balaban J connectivity index is 2.26. The number of benzene rings is 1. The van der Waals surface area contributed by atoms with E-state index in [1.54, 1.807) is 20.8 Å². The molecule has 2 amide bonds. The van der Waals surface area contributed by atoms with Crippen LogP contribution in [0.3, 0.4) is 0 Å². The van der Waals surface area contributed by atoms with Crippen LogP contribution in [0.15, 0.2) is 35.7 Å². The molecule has 1 aromatic carbocycles. The highest BCUT2D eigenvalue weighted by Gasteiger charge is 2.35. The molecule has 0 saturated carbocycles. The molecule has 0 aromatic heterocycles. The molecule has 2 rings (SSSR count). The van der Waals surface area contributed by atoms with E-state index in [-0.39, 0.29) is 23.7 Å². The van der Waals surface area contributed by atoms with Gasteiger partial charge in [-0.3, -0.25) is 4.79 Å². The van der Waals surface area contributed by atoms with Crippen molar-refractivity contribution in [1.29, 1.82) is 0 Å². The summed E-state index contributed by atoms with van der Waals surface area (Å²) in [5.41, 5.74) is 2.06. The molecule has 0 aliphatic carbocycles. The average molecular weight is 623 g/mol. The fourth-order valence-corrected chi connectivity index (χ4v) is 5.18. The van der Waals surface area contributed by atoms with Crippen LogP contribution in [0.25, 0.3) is 0 Å². The molecule has 10 heteroatoms. The number of amides is 2. The summed E-state index contributed by atoms with van der Waals surface area (Å²) < 4.78 is 17.6. The lowest BCUT2D eigenvalue weighted by Crippen LogP contribution is -2.57. The number of carbonyl (C=O) groups is 2. The Labute approximate surface area is 262 Å². The molecule has 0 fully saturated rings. The molecule has 1 aliphatic rings. The van der Waals surface area contributed by atoms with Crippen molar-refractivity contribution < 1.29 is 23.8 Å². The predicted octanol–water partition coefficient (Wildman–Crippen LogP) is 5.69. The van der Waals surface area contributed by atoms with Gasteiger partial charge >= 0.3 is 6.09 Å². The van der Waals surface area contributed by atoms with Crippen molar-refractivity contribution in [2.75, 3.05) is 44.4 Å². The van der Waals surface area contributed by atoms with Crippen LogP contribution in [-0.4, -0.2) is 95.7 Å². The van der Waals surface area contributed by atoms with E-state index in [1.165, 1.54) is 0 Å². The standard InChI is InChI=1S/C33H58N4O5S/c1-23(2)36(21-29-34-24(3)25(4)37(29)22-40-18-19-43(11,12)13)30(38)28(35-31(39)42-33(8,9)10)20-26-14-16-27(17-15-26)41-32(5,6)7/h14-17,23,28-29,34H,18-22H2,1-13H3,(H,35,39)/t28-,29?/m0/s1. The van der Waals surface area contributed by atoms with E-state index in [0.717, 1.165) is 28.5 Å². The zero-order valence-corrected chi connectivity index (χ0v) is 29.7. The van der Waals surface area contributed by atoms with Crippen LogP contribution in [0.4, 0.5) is 4.79 Å². The molecule has 1 aliphatic heterocycles. The van der Waals surface area contributed by atoms with E-state index in [2.05, 4.69) is 41.2 Å².